The second-order valence-corrected chi connectivity index (χ2v) is 5.68. The molecular formula is C12H21ClN4. The molecule has 0 spiro atoms. The summed E-state index contributed by atoms with van der Waals surface area (Å²) in [6.45, 7) is 11.4. The second kappa shape index (κ2) is 5.08. The van der Waals surface area contributed by atoms with E-state index in [1.807, 2.05) is 6.92 Å². The van der Waals surface area contributed by atoms with Crippen molar-refractivity contribution in [2.75, 3.05) is 17.6 Å². The van der Waals surface area contributed by atoms with E-state index in [0.717, 1.165) is 6.54 Å². The second-order valence-electron chi connectivity index (χ2n) is 5.34. The van der Waals surface area contributed by atoms with E-state index < -0.39 is 0 Å². The lowest BCUT2D eigenvalue weighted by atomic mass is 9.81. The fourth-order valence-electron chi connectivity index (χ4n) is 1.20. The molecule has 0 saturated heterocycles. The lowest BCUT2D eigenvalue weighted by Gasteiger charge is -2.29. The first-order valence-corrected chi connectivity index (χ1v) is 6.15. The highest BCUT2D eigenvalue weighted by Crippen LogP contribution is 2.28. The van der Waals surface area contributed by atoms with Gasteiger partial charge in [0.05, 0.1) is 11.4 Å². The molecule has 1 heterocycles. The average molecular weight is 257 g/mol. The van der Waals surface area contributed by atoms with Crippen LogP contribution in [0.15, 0.2) is 0 Å². The fraction of sp³-hybridized carbons (Fsp3) is 0.667. The predicted octanol–water partition coefficient (Wildman–Crippen LogP) is 3.11. The lowest BCUT2D eigenvalue weighted by molar-refractivity contribution is 0.269. The molecule has 1 aromatic rings. The summed E-state index contributed by atoms with van der Waals surface area (Å²) in [7, 11) is 0. The molecule has 0 aromatic carbocycles. The van der Waals surface area contributed by atoms with Crippen LogP contribution in [0.4, 0.5) is 11.5 Å². The van der Waals surface area contributed by atoms with Crippen molar-refractivity contribution in [3.63, 3.8) is 0 Å². The maximum Gasteiger partial charge on any atom is 0.224 e. The number of nitrogens with one attached hydrogen (secondary N) is 1. The van der Waals surface area contributed by atoms with Crippen molar-refractivity contribution in [3.8, 4) is 0 Å². The third-order valence-corrected chi connectivity index (χ3v) is 3.55. The topological polar surface area (TPSA) is 63.8 Å². The first-order chi connectivity index (χ1) is 7.74. The number of halogens is 1. The number of nitrogens with two attached hydrogens (primary N) is 1. The molecule has 0 radical (unpaired) electrons. The Labute approximate surface area is 108 Å². The Kier molecular flexibility index (Phi) is 4.20. The fourth-order valence-corrected chi connectivity index (χ4v) is 1.41. The smallest absolute Gasteiger partial charge is 0.224 e. The third-order valence-electron chi connectivity index (χ3n) is 3.38. The van der Waals surface area contributed by atoms with Crippen LogP contribution in [-0.2, 0) is 0 Å². The van der Waals surface area contributed by atoms with Crippen LogP contribution in [0.2, 0.25) is 5.28 Å². The molecule has 0 aliphatic carbocycles. The van der Waals surface area contributed by atoms with E-state index in [9.17, 15) is 0 Å². The van der Waals surface area contributed by atoms with E-state index in [4.69, 9.17) is 17.3 Å². The monoisotopic (exact) mass is 256 g/mol. The number of hydrogen-bond donors (Lipinski definition) is 2. The number of rotatable bonds is 4. The number of hydrogen-bond acceptors (Lipinski definition) is 4. The van der Waals surface area contributed by atoms with E-state index in [0.29, 0.717) is 23.1 Å². The normalized spacial score (nSPS) is 11.9. The van der Waals surface area contributed by atoms with Gasteiger partial charge in [-0.1, -0.05) is 27.7 Å². The number of aryl methyl sites for hydroxylation is 1. The van der Waals surface area contributed by atoms with Gasteiger partial charge in [0, 0.05) is 6.54 Å². The minimum Gasteiger partial charge on any atom is -0.394 e. The molecule has 4 nitrogen and oxygen atoms in total. The van der Waals surface area contributed by atoms with Crippen molar-refractivity contribution < 1.29 is 0 Å². The standard InChI is InChI=1S/C12H21ClN4/c1-7(2)12(4,5)6-15-10-9(14)8(3)16-11(13)17-10/h7H,6,14H2,1-5H3,(H,15,16,17). The molecule has 1 rings (SSSR count). The Balaban J connectivity index is 2.83. The van der Waals surface area contributed by atoms with E-state index in [1.54, 1.807) is 0 Å². The van der Waals surface area contributed by atoms with E-state index in [2.05, 4.69) is 43.0 Å². The Morgan fingerprint density at radius 2 is 1.94 bits per heavy atom. The van der Waals surface area contributed by atoms with Crippen molar-refractivity contribution in [3.05, 3.63) is 11.0 Å². The maximum absolute atomic E-state index is 5.91. The van der Waals surface area contributed by atoms with Crippen LogP contribution in [-0.4, -0.2) is 16.5 Å². The molecule has 0 atom stereocenters. The van der Waals surface area contributed by atoms with Gasteiger partial charge < -0.3 is 11.1 Å². The van der Waals surface area contributed by atoms with E-state index in [1.165, 1.54) is 0 Å². The van der Waals surface area contributed by atoms with Gasteiger partial charge in [-0.25, -0.2) is 4.98 Å². The Hall–Kier alpha value is -1.03. The molecule has 96 valence electrons. The summed E-state index contributed by atoms with van der Waals surface area (Å²) in [4.78, 5) is 8.12. The number of nitrogen functional groups attached to an aromatic ring is 1. The summed E-state index contributed by atoms with van der Waals surface area (Å²) >= 11 is 5.82. The summed E-state index contributed by atoms with van der Waals surface area (Å²) < 4.78 is 0. The average Bonchev–Trinajstić information content (AvgIpc) is 2.21. The number of aromatic nitrogens is 2. The van der Waals surface area contributed by atoms with Crippen LogP contribution in [0.3, 0.4) is 0 Å². The summed E-state index contributed by atoms with van der Waals surface area (Å²) in [6.07, 6.45) is 0. The molecule has 0 aliphatic heterocycles. The Morgan fingerprint density at radius 1 is 1.35 bits per heavy atom. The summed E-state index contributed by atoms with van der Waals surface area (Å²) in [5.74, 6) is 1.19. The van der Waals surface area contributed by atoms with Crippen LogP contribution in [0.5, 0.6) is 0 Å². The van der Waals surface area contributed by atoms with Crippen molar-refractivity contribution in [2.45, 2.75) is 34.6 Å². The van der Waals surface area contributed by atoms with Gasteiger partial charge in [-0.2, -0.15) is 4.98 Å². The largest absolute Gasteiger partial charge is 0.394 e. The van der Waals surface area contributed by atoms with Crippen LogP contribution >= 0.6 is 11.6 Å². The van der Waals surface area contributed by atoms with Gasteiger partial charge >= 0.3 is 0 Å². The Bertz CT molecular complexity index is 402. The van der Waals surface area contributed by atoms with Gasteiger partial charge in [0.25, 0.3) is 0 Å². The lowest BCUT2D eigenvalue weighted by Crippen LogP contribution is -2.29. The highest BCUT2D eigenvalue weighted by molar-refractivity contribution is 6.28. The van der Waals surface area contributed by atoms with Gasteiger partial charge in [-0.05, 0) is 29.9 Å². The molecule has 0 unspecified atom stereocenters. The minimum absolute atomic E-state index is 0.164. The summed E-state index contributed by atoms with van der Waals surface area (Å²) in [6, 6.07) is 0. The van der Waals surface area contributed by atoms with Crippen LogP contribution in [0, 0.1) is 18.3 Å². The van der Waals surface area contributed by atoms with Gasteiger partial charge in [0.2, 0.25) is 5.28 Å². The quantitative estimate of drug-likeness (QED) is 0.813. The zero-order valence-electron chi connectivity index (χ0n) is 11.1. The van der Waals surface area contributed by atoms with Crippen molar-refractivity contribution in [1.82, 2.24) is 9.97 Å². The van der Waals surface area contributed by atoms with E-state index in [-0.39, 0.29) is 10.7 Å². The van der Waals surface area contributed by atoms with Gasteiger partial charge in [-0.15, -0.1) is 0 Å². The van der Waals surface area contributed by atoms with E-state index >= 15 is 0 Å². The van der Waals surface area contributed by atoms with Gasteiger partial charge in [0.1, 0.15) is 0 Å². The van der Waals surface area contributed by atoms with Gasteiger partial charge in [-0.3, -0.25) is 0 Å². The molecule has 3 N–H and O–H groups in total. The molecule has 0 fully saturated rings. The van der Waals surface area contributed by atoms with Crippen molar-refractivity contribution in [1.29, 1.82) is 0 Å². The SMILES string of the molecule is Cc1nc(Cl)nc(NCC(C)(C)C(C)C)c1N. The predicted molar refractivity (Wildman–Crippen MR) is 73.3 cm³/mol. The summed E-state index contributed by atoms with van der Waals surface area (Å²) in [5, 5.41) is 3.48. The zero-order valence-corrected chi connectivity index (χ0v) is 11.9. The van der Waals surface area contributed by atoms with Crippen molar-refractivity contribution in [2.24, 2.45) is 11.3 Å². The van der Waals surface area contributed by atoms with Gasteiger partial charge in [0.15, 0.2) is 5.82 Å². The molecule has 0 saturated carbocycles. The first-order valence-electron chi connectivity index (χ1n) is 5.77. The van der Waals surface area contributed by atoms with Crippen molar-refractivity contribution >= 4 is 23.1 Å². The van der Waals surface area contributed by atoms with Crippen LogP contribution in [0.1, 0.15) is 33.4 Å². The molecule has 1 aromatic heterocycles. The zero-order chi connectivity index (χ0) is 13.2. The molecule has 0 amide bonds. The molecular weight excluding hydrogens is 236 g/mol. The Morgan fingerprint density at radius 3 is 2.47 bits per heavy atom. The molecule has 0 aliphatic rings. The number of nitrogens with zero attached hydrogens (tertiary/aromatic N) is 2. The van der Waals surface area contributed by atoms with Crippen LogP contribution in [0.25, 0.3) is 0 Å². The highest BCUT2D eigenvalue weighted by atomic mass is 35.5. The van der Waals surface area contributed by atoms with Crippen LogP contribution < -0.4 is 11.1 Å². The minimum atomic E-state index is 0.164. The number of anilines is 2. The molecule has 0 bridgehead atoms. The maximum atomic E-state index is 5.91. The molecule has 17 heavy (non-hydrogen) atoms. The molecule has 5 heteroatoms. The highest BCUT2D eigenvalue weighted by Gasteiger charge is 2.22. The first kappa shape index (κ1) is 14.0. The third kappa shape index (κ3) is 3.46. The summed E-state index contributed by atoms with van der Waals surface area (Å²) in [5.41, 5.74) is 7.34.